The molecule has 0 spiro atoms. The highest BCUT2D eigenvalue weighted by Gasteiger charge is 2.13. The van der Waals surface area contributed by atoms with Crippen molar-refractivity contribution < 1.29 is 0 Å². The fourth-order valence-corrected chi connectivity index (χ4v) is 1.74. The van der Waals surface area contributed by atoms with Crippen LogP contribution in [0, 0.1) is 6.92 Å². The van der Waals surface area contributed by atoms with Crippen LogP contribution in [0.4, 0.5) is 5.69 Å². The second-order valence-corrected chi connectivity index (χ2v) is 3.78. The summed E-state index contributed by atoms with van der Waals surface area (Å²) >= 11 is 0. The Labute approximate surface area is 102 Å². The number of anilines is 1. The van der Waals surface area contributed by atoms with Crippen molar-refractivity contribution in [3.05, 3.63) is 46.9 Å². The fourth-order valence-electron chi connectivity index (χ4n) is 1.74. The SMILES string of the molecule is C=C/C=C\C=C(/C)n1c(=O)c(NC)c(C)n1C. The molecule has 0 atom stereocenters. The molecule has 0 fully saturated rings. The Kier molecular flexibility index (Phi) is 4.15. The van der Waals surface area contributed by atoms with Gasteiger partial charge < -0.3 is 5.32 Å². The average Bonchev–Trinajstić information content (AvgIpc) is 2.50. The molecule has 1 rings (SSSR count). The lowest BCUT2D eigenvalue weighted by Crippen LogP contribution is -2.20. The molecule has 0 aliphatic heterocycles. The fraction of sp³-hybridized carbons (Fsp3) is 0.308. The topological polar surface area (TPSA) is 39.0 Å². The first-order chi connectivity index (χ1) is 8.04. The molecule has 0 aliphatic carbocycles. The molecule has 0 amide bonds. The average molecular weight is 233 g/mol. The molecule has 1 N–H and O–H groups in total. The van der Waals surface area contributed by atoms with Crippen molar-refractivity contribution in [2.45, 2.75) is 13.8 Å². The summed E-state index contributed by atoms with van der Waals surface area (Å²) in [5.41, 5.74) is 2.37. The maximum Gasteiger partial charge on any atom is 0.294 e. The Morgan fingerprint density at radius 3 is 2.53 bits per heavy atom. The van der Waals surface area contributed by atoms with Crippen LogP contribution in [0.5, 0.6) is 0 Å². The lowest BCUT2D eigenvalue weighted by molar-refractivity contribution is 0.638. The Morgan fingerprint density at radius 2 is 2.06 bits per heavy atom. The zero-order valence-electron chi connectivity index (χ0n) is 10.8. The molecule has 1 aromatic heterocycles. The summed E-state index contributed by atoms with van der Waals surface area (Å²) in [6.45, 7) is 7.41. The van der Waals surface area contributed by atoms with Gasteiger partial charge in [-0.15, -0.1) is 0 Å². The van der Waals surface area contributed by atoms with Crippen molar-refractivity contribution in [1.82, 2.24) is 9.36 Å². The second kappa shape index (κ2) is 5.39. The molecule has 1 aromatic rings. The molecule has 4 nitrogen and oxygen atoms in total. The van der Waals surface area contributed by atoms with Gasteiger partial charge in [0.15, 0.2) is 0 Å². The van der Waals surface area contributed by atoms with Crippen LogP contribution in [-0.4, -0.2) is 16.4 Å². The Morgan fingerprint density at radius 1 is 1.41 bits per heavy atom. The monoisotopic (exact) mass is 233 g/mol. The number of allylic oxidation sites excluding steroid dienone is 5. The van der Waals surface area contributed by atoms with E-state index in [4.69, 9.17) is 0 Å². The highest BCUT2D eigenvalue weighted by atomic mass is 16.1. The van der Waals surface area contributed by atoms with Crippen LogP contribution in [0.25, 0.3) is 5.70 Å². The number of aromatic nitrogens is 2. The summed E-state index contributed by atoms with van der Waals surface area (Å²) in [6, 6.07) is 0. The third-order valence-corrected chi connectivity index (χ3v) is 2.72. The van der Waals surface area contributed by atoms with E-state index in [2.05, 4.69) is 11.9 Å². The number of hydrogen-bond acceptors (Lipinski definition) is 2. The minimum Gasteiger partial charge on any atom is -0.382 e. The zero-order valence-corrected chi connectivity index (χ0v) is 10.8. The van der Waals surface area contributed by atoms with E-state index in [0.717, 1.165) is 11.4 Å². The zero-order chi connectivity index (χ0) is 13.0. The van der Waals surface area contributed by atoms with E-state index in [0.29, 0.717) is 5.69 Å². The second-order valence-electron chi connectivity index (χ2n) is 3.78. The van der Waals surface area contributed by atoms with E-state index in [-0.39, 0.29) is 5.56 Å². The van der Waals surface area contributed by atoms with Crippen molar-refractivity contribution in [2.75, 3.05) is 12.4 Å². The predicted molar refractivity (Wildman–Crippen MR) is 73.2 cm³/mol. The van der Waals surface area contributed by atoms with E-state index in [9.17, 15) is 4.79 Å². The van der Waals surface area contributed by atoms with Gasteiger partial charge in [0, 0.05) is 19.8 Å². The van der Waals surface area contributed by atoms with E-state index in [1.165, 1.54) is 0 Å². The minimum atomic E-state index is -0.0340. The molecule has 0 radical (unpaired) electrons. The normalized spacial score (nSPS) is 12.1. The standard InChI is InChI=1S/C13H19N3O/c1-6-7-8-9-10(2)16-13(17)12(14-4)11(3)15(16)5/h6-9,14H,1H2,2-5H3/b8-7-,10-9+. The first-order valence-electron chi connectivity index (χ1n) is 5.47. The molecular weight excluding hydrogens is 214 g/mol. The van der Waals surface area contributed by atoms with Gasteiger partial charge in [-0.2, -0.15) is 0 Å². The maximum absolute atomic E-state index is 12.1. The van der Waals surface area contributed by atoms with Crippen LogP contribution in [0.15, 0.2) is 35.7 Å². The van der Waals surface area contributed by atoms with Crippen molar-refractivity contribution in [3.63, 3.8) is 0 Å². The van der Waals surface area contributed by atoms with Gasteiger partial charge in [-0.3, -0.25) is 9.48 Å². The molecule has 92 valence electrons. The lowest BCUT2D eigenvalue weighted by Gasteiger charge is -2.07. The summed E-state index contributed by atoms with van der Waals surface area (Å²) in [6.07, 6.45) is 7.25. The van der Waals surface area contributed by atoms with Crippen LogP contribution in [0.2, 0.25) is 0 Å². The number of rotatable bonds is 4. The predicted octanol–water partition coefficient (Wildman–Crippen LogP) is 2.14. The lowest BCUT2D eigenvalue weighted by atomic mass is 10.4. The van der Waals surface area contributed by atoms with Gasteiger partial charge in [-0.1, -0.05) is 24.8 Å². The van der Waals surface area contributed by atoms with Crippen LogP contribution in [0.3, 0.4) is 0 Å². The van der Waals surface area contributed by atoms with Crippen LogP contribution in [-0.2, 0) is 7.05 Å². The molecule has 4 heteroatoms. The largest absolute Gasteiger partial charge is 0.382 e. The van der Waals surface area contributed by atoms with Gasteiger partial charge in [0.25, 0.3) is 5.56 Å². The van der Waals surface area contributed by atoms with Crippen molar-refractivity contribution in [2.24, 2.45) is 7.05 Å². The van der Waals surface area contributed by atoms with Gasteiger partial charge in [0.1, 0.15) is 5.69 Å². The van der Waals surface area contributed by atoms with Crippen LogP contribution < -0.4 is 10.9 Å². The molecule has 0 aliphatic rings. The molecule has 0 aromatic carbocycles. The Balaban J connectivity index is 3.33. The Hall–Kier alpha value is -1.97. The maximum atomic E-state index is 12.1. The summed E-state index contributed by atoms with van der Waals surface area (Å²) in [4.78, 5) is 12.1. The summed E-state index contributed by atoms with van der Waals surface area (Å²) in [7, 11) is 3.62. The van der Waals surface area contributed by atoms with Gasteiger partial charge in [-0.25, -0.2) is 4.68 Å². The number of hydrogen-bond donors (Lipinski definition) is 1. The van der Waals surface area contributed by atoms with Crippen molar-refractivity contribution in [3.8, 4) is 0 Å². The summed E-state index contributed by atoms with van der Waals surface area (Å²) in [5, 5.41) is 2.93. The van der Waals surface area contributed by atoms with E-state index in [1.807, 2.05) is 43.8 Å². The molecular formula is C13H19N3O. The van der Waals surface area contributed by atoms with E-state index < -0.39 is 0 Å². The van der Waals surface area contributed by atoms with Crippen LogP contribution in [0.1, 0.15) is 12.6 Å². The highest BCUT2D eigenvalue weighted by Crippen LogP contribution is 2.11. The molecule has 1 heterocycles. The molecule has 17 heavy (non-hydrogen) atoms. The Bertz CT molecular complexity index is 530. The first kappa shape index (κ1) is 13.1. The minimum absolute atomic E-state index is 0.0340. The molecule has 0 saturated heterocycles. The number of nitrogens with one attached hydrogen (secondary N) is 1. The van der Waals surface area contributed by atoms with E-state index in [1.54, 1.807) is 17.8 Å². The first-order valence-corrected chi connectivity index (χ1v) is 5.47. The van der Waals surface area contributed by atoms with Gasteiger partial charge in [-0.05, 0) is 19.9 Å². The highest BCUT2D eigenvalue weighted by molar-refractivity contribution is 5.52. The third kappa shape index (κ3) is 2.41. The summed E-state index contributed by atoms with van der Waals surface area (Å²) in [5.74, 6) is 0. The third-order valence-electron chi connectivity index (χ3n) is 2.72. The summed E-state index contributed by atoms with van der Waals surface area (Å²) < 4.78 is 3.47. The van der Waals surface area contributed by atoms with Crippen molar-refractivity contribution in [1.29, 1.82) is 0 Å². The van der Waals surface area contributed by atoms with Gasteiger partial charge >= 0.3 is 0 Å². The van der Waals surface area contributed by atoms with E-state index >= 15 is 0 Å². The molecule has 0 saturated carbocycles. The van der Waals surface area contributed by atoms with Gasteiger partial charge in [0.2, 0.25) is 0 Å². The smallest absolute Gasteiger partial charge is 0.294 e. The quantitative estimate of drug-likeness (QED) is 0.809. The van der Waals surface area contributed by atoms with Gasteiger partial charge in [0.05, 0.1) is 5.69 Å². The van der Waals surface area contributed by atoms with Crippen LogP contribution >= 0.6 is 0 Å². The molecule has 0 unspecified atom stereocenters. The van der Waals surface area contributed by atoms with Crippen molar-refractivity contribution >= 4 is 11.4 Å². The molecule has 0 bridgehead atoms. The number of nitrogens with zero attached hydrogens (tertiary/aromatic N) is 2.